The lowest BCUT2D eigenvalue weighted by molar-refractivity contribution is -0.143. The van der Waals surface area contributed by atoms with E-state index in [1.807, 2.05) is 18.2 Å². The predicted octanol–water partition coefficient (Wildman–Crippen LogP) is 4.30. The summed E-state index contributed by atoms with van der Waals surface area (Å²) in [5.41, 5.74) is 10.4. The van der Waals surface area contributed by atoms with E-state index >= 15 is 0 Å². The molecule has 3 N–H and O–H groups in total. The van der Waals surface area contributed by atoms with E-state index in [9.17, 15) is 15.2 Å². The molecule has 0 radical (unpaired) electrons. The molecule has 0 aliphatic heterocycles. The van der Waals surface area contributed by atoms with E-state index in [1.54, 1.807) is 35.1 Å². The van der Waals surface area contributed by atoms with Gasteiger partial charge in [0, 0.05) is 17.2 Å². The van der Waals surface area contributed by atoms with Gasteiger partial charge in [0.05, 0.1) is 48.4 Å². The molecule has 1 aliphatic rings. The van der Waals surface area contributed by atoms with Crippen LogP contribution in [-0.2, 0) is 11.3 Å². The van der Waals surface area contributed by atoms with Gasteiger partial charge >= 0.3 is 5.97 Å². The first-order valence-electron chi connectivity index (χ1n) is 13.2. The normalized spacial score (nSPS) is 17.6. The van der Waals surface area contributed by atoms with Crippen LogP contribution in [0.5, 0.6) is 5.75 Å². The number of aliphatic carboxylic acids is 1. The van der Waals surface area contributed by atoms with Gasteiger partial charge in [-0.3, -0.25) is 9.78 Å². The molecule has 11 nitrogen and oxygen atoms in total. The van der Waals surface area contributed by atoms with Gasteiger partial charge < -0.3 is 15.6 Å². The number of para-hydroxylation sites is 1. The van der Waals surface area contributed by atoms with Crippen LogP contribution in [0.15, 0.2) is 48.7 Å². The molecule has 3 heterocycles. The van der Waals surface area contributed by atoms with E-state index in [4.69, 9.17) is 15.5 Å². The molecule has 1 aromatic carbocycles. The third kappa shape index (κ3) is 5.61. The third-order valence-corrected chi connectivity index (χ3v) is 7.61. The summed E-state index contributed by atoms with van der Waals surface area (Å²) in [4.78, 5) is 24.9. The molecule has 5 rings (SSSR count). The number of aromatic nitrogens is 6. The number of methoxy groups -OCH3 is 1. The summed E-state index contributed by atoms with van der Waals surface area (Å²) in [6, 6.07) is 15.1. The fourth-order valence-electron chi connectivity index (χ4n) is 5.39. The maximum absolute atomic E-state index is 11.3. The first-order chi connectivity index (χ1) is 19.4. The van der Waals surface area contributed by atoms with Gasteiger partial charge in [-0.25, -0.2) is 14.6 Å². The number of nitrogen functional groups attached to an aromatic ring is 1. The number of carboxylic acids is 1. The molecule has 0 saturated heterocycles. The summed E-state index contributed by atoms with van der Waals surface area (Å²) < 4.78 is 7.16. The molecule has 0 amide bonds. The Morgan fingerprint density at radius 3 is 2.60 bits per heavy atom. The summed E-state index contributed by atoms with van der Waals surface area (Å²) >= 11 is 0. The lowest BCUT2D eigenvalue weighted by Gasteiger charge is -2.30. The number of ether oxygens (including phenoxy) is 1. The zero-order valence-corrected chi connectivity index (χ0v) is 22.4. The smallest absolute Gasteiger partial charge is 0.306 e. The van der Waals surface area contributed by atoms with Crippen LogP contribution in [0.25, 0.3) is 22.6 Å². The highest BCUT2D eigenvalue weighted by Crippen LogP contribution is 2.38. The monoisotopic (exact) mass is 538 g/mol. The molecule has 0 unspecified atom stereocenters. The van der Waals surface area contributed by atoms with Crippen LogP contribution in [0.1, 0.15) is 55.5 Å². The molecule has 3 aromatic heterocycles. The lowest BCUT2D eigenvalue weighted by atomic mass is 9.75. The van der Waals surface area contributed by atoms with Crippen molar-refractivity contribution in [3.05, 3.63) is 65.6 Å². The SMILES string of the molecule is COc1c(C#N)cccc1-c1cc(-c2cn(Cc3cccc([C@H](C)[C@H]4CC[C@H](C(=O)O)CC4)n3)nn2)nc(N)n1. The molecule has 1 aliphatic carbocycles. The number of hydrogen-bond donors (Lipinski definition) is 2. The molecule has 11 heteroatoms. The quantitative estimate of drug-likeness (QED) is 0.330. The Labute approximate surface area is 231 Å². The Balaban J connectivity index is 1.34. The number of benzene rings is 1. The van der Waals surface area contributed by atoms with Crippen molar-refractivity contribution in [1.29, 1.82) is 5.26 Å². The molecule has 0 spiro atoms. The van der Waals surface area contributed by atoms with Gasteiger partial charge in [-0.15, -0.1) is 5.10 Å². The number of nitrogens with zero attached hydrogens (tertiary/aromatic N) is 7. The minimum absolute atomic E-state index is 0.0622. The van der Waals surface area contributed by atoms with E-state index < -0.39 is 5.97 Å². The standard InChI is InChI=1S/C29H30N8O3/c1-17(18-9-11-19(12-10-18)28(38)39)23-8-4-6-21(32-23)15-37-16-26(35-36-37)25-13-24(33-29(31)34-25)22-7-3-5-20(14-30)27(22)40-2/h3-8,13,16-19H,9-12,15H2,1-2H3,(H,38,39)(H2,31,33,34)/t17-,18-,19-/m1/s1. The van der Waals surface area contributed by atoms with Crippen LogP contribution in [0.4, 0.5) is 5.95 Å². The third-order valence-electron chi connectivity index (χ3n) is 7.61. The largest absolute Gasteiger partial charge is 0.495 e. The van der Waals surface area contributed by atoms with Crippen molar-refractivity contribution in [3.8, 4) is 34.5 Å². The first kappa shape index (κ1) is 26.7. The fraction of sp³-hybridized carbons (Fsp3) is 0.345. The number of pyridine rings is 1. The molecule has 1 atom stereocenters. The Hall–Kier alpha value is -4.85. The predicted molar refractivity (Wildman–Crippen MR) is 147 cm³/mol. The number of carbonyl (C=O) groups is 1. The number of carboxylic acid groups (broad SMARTS) is 1. The Bertz CT molecular complexity index is 1570. The van der Waals surface area contributed by atoms with Crippen LogP contribution >= 0.6 is 0 Å². The number of nitrogens with two attached hydrogens (primary N) is 1. The highest BCUT2D eigenvalue weighted by atomic mass is 16.5. The highest BCUT2D eigenvalue weighted by Gasteiger charge is 2.30. The molecule has 204 valence electrons. The number of hydrogen-bond acceptors (Lipinski definition) is 9. The van der Waals surface area contributed by atoms with Gasteiger partial charge in [-0.05, 0) is 61.9 Å². The van der Waals surface area contributed by atoms with Crippen molar-refractivity contribution in [1.82, 2.24) is 29.9 Å². The van der Waals surface area contributed by atoms with Gasteiger partial charge in [0.1, 0.15) is 17.5 Å². The Morgan fingerprint density at radius 1 is 1.12 bits per heavy atom. The zero-order valence-electron chi connectivity index (χ0n) is 22.4. The van der Waals surface area contributed by atoms with Gasteiger partial charge in [0.2, 0.25) is 5.95 Å². The average molecular weight is 539 g/mol. The summed E-state index contributed by atoms with van der Waals surface area (Å²) in [5.74, 6) is 0.212. The molecule has 0 bridgehead atoms. The van der Waals surface area contributed by atoms with Crippen LogP contribution < -0.4 is 10.5 Å². The molecule has 1 saturated carbocycles. The summed E-state index contributed by atoms with van der Waals surface area (Å²) in [6.07, 6.45) is 5.01. The van der Waals surface area contributed by atoms with Gasteiger partial charge in [0.15, 0.2) is 0 Å². The van der Waals surface area contributed by atoms with Crippen molar-refractivity contribution in [2.75, 3.05) is 12.8 Å². The Morgan fingerprint density at radius 2 is 1.88 bits per heavy atom. The second-order valence-corrected chi connectivity index (χ2v) is 10.1. The second-order valence-electron chi connectivity index (χ2n) is 10.1. The lowest BCUT2D eigenvalue weighted by Crippen LogP contribution is -2.24. The van der Waals surface area contributed by atoms with E-state index in [-0.39, 0.29) is 17.8 Å². The van der Waals surface area contributed by atoms with Gasteiger partial charge in [-0.1, -0.05) is 24.3 Å². The maximum atomic E-state index is 11.3. The van der Waals surface area contributed by atoms with Crippen molar-refractivity contribution in [2.24, 2.45) is 11.8 Å². The average Bonchev–Trinajstić information content (AvgIpc) is 3.44. The number of nitriles is 1. The topological polar surface area (TPSA) is 166 Å². The maximum Gasteiger partial charge on any atom is 0.306 e. The summed E-state index contributed by atoms with van der Waals surface area (Å²) in [7, 11) is 1.50. The van der Waals surface area contributed by atoms with Gasteiger partial charge in [-0.2, -0.15) is 5.26 Å². The van der Waals surface area contributed by atoms with E-state index in [0.717, 1.165) is 37.1 Å². The Kier molecular flexibility index (Phi) is 7.68. The van der Waals surface area contributed by atoms with E-state index in [2.05, 4.69) is 33.3 Å². The van der Waals surface area contributed by atoms with Crippen molar-refractivity contribution in [3.63, 3.8) is 0 Å². The first-order valence-corrected chi connectivity index (χ1v) is 13.2. The van der Waals surface area contributed by atoms with Crippen LogP contribution in [-0.4, -0.2) is 48.1 Å². The van der Waals surface area contributed by atoms with Crippen molar-refractivity contribution >= 4 is 11.9 Å². The zero-order chi connectivity index (χ0) is 28.2. The van der Waals surface area contributed by atoms with Crippen molar-refractivity contribution in [2.45, 2.75) is 45.1 Å². The fourth-order valence-corrected chi connectivity index (χ4v) is 5.39. The van der Waals surface area contributed by atoms with Crippen LogP contribution in [0.2, 0.25) is 0 Å². The van der Waals surface area contributed by atoms with Crippen molar-refractivity contribution < 1.29 is 14.6 Å². The number of anilines is 1. The molecular weight excluding hydrogens is 508 g/mol. The van der Waals surface area contributed by atoms with Crippen LogP contribution in [0.3, 0.4) is 0 Å². The second kappa shape index (κ2) is 11.5. The number of rotatable bonds is 8. The van der Waals surface area contributed by atoms with E-state index in [1.165, 1.54) is 7.11 Å². The summed E-state index contributed by atoms with van der Waals surface area (Å²) in [5, 5.41) is 27.3. The summed E-state index contributed by atoms with van der Waals surface area (Å²) in [6.45, 7) is 2.59. The van der Waals surface area contributed by atoms with Gasteiger partial charge in [0.25, 0.3) is 0 Å². The molecular formula is C29H30N8O3. The minimum atomic E-state index is -0.688. The molecule has 40 heavy (non-hydrogen) atoms. The highest BCUT2D eigenvalue weighted by molar-refractivity contribution is 5.74. The van der Waals surface area contributed by atoms with E-state index in [0.29, 0.717) is 46.4 Å². The molecule has 1 fully saturated rings. The van der Waals surface area contributed by atoms with Crippen LogP contribution in [0, 0.1) is 23.2 Å². The minimum Gasteiger partial charge on any atom is -0.495 e. The molecule has 4 aromatic rings.